The van der Waals surface area contributed by atoms with Crippen molar-refractivity contribution >= 4 is 15.9 Å². The molecule has 1 heterocycles. The smallest absolute Gasteiger partial charge is 0.169 e. The predicted octanol–water partition coefficient (Wildman–Crippen LogP) is 3.43. The van der Waals surface area contributed by atoms with Crippen molar-refractivity contribution in [3.05, 3.63) is 58.0 Å². The molecule has 0 aliphatic carbocycles. The predicted molar refractivity (Wildman–Crippen MR) is 61.6 cm³/mol. The fourth-order valence-corrected chi connectivity index (χ4v) is 1.80. The van der Waals surface area contributed by atoms with Crippen LogP contribution in [0.4, 0.5) is 0 Å². The van der Waals surface area contributed by atoms with Gasteiger partial charge in [0.15, 0.2) is 4.67 Å². The normalized spacial score (nSPS) is 12.7. The summed E-state index contributed by atoms with van der Waals surface area (Å²) in [6, 6.07) is 11.3. The number of aliphatic hydroxyl groups is 1. The molecule has 2 rings (SSSR count). The molecule has 1 unspecified atom stereocenters. The number of hydrogen-bond acceptors (Lipinski definition) is 2. The minimum atomic E-state index is -0.698. The molecule has 0 saturated heterocycles. The molecule has 1 N–H and O–H groups in total. The third-order valence-corrected chi connectivity index (χ3v) is 2.65. The Kier molecular flexibility index (Phi) is 2.93. The Labute approximate surface area is 96.7 Å². The summed E-state index contributed by atoms with van der Waals surface area (Å²) in [7, 11) is 0. The number of hydrogen-bond donors (Lipinski definition) is 1. The van der Waals surface area contributed by atoms with Crippen molar-refractivity contribution in [1.82, 2.24) is 0 Å². The molecule has 0 spiro atoms. The van der Waals surface area contributed by atoms with Gasteiger partial charge in [0.1, 0.15) is 11.9 Å². The van der Waals surface area contributed by atoms with Crippen molar-refractivity contribution in [3.8, 4) is 0 Å². The van der Waals surface area contributed by atoms with Crippen molar-refractivity contribution in [2.45, 2.75) is 13.0 Å². The summed E-state index contributed by atoms with van der Waals surface area (Å²) < 4.78 is 5.94. The molecular weight excluding hydrogens is 256 g/mol. The molecule has 1 atom stereocenters. The molecule has 15 heavy (non-hydrogen) atoms. The first-order valence-corrected chi connectivity index (χ1v) is 5.46. The van der Waals surface area contributed by atoms with E-state index in [-0.39, 0.29) is 0 Å². The van der Waals surface area contributed by atoms with Crippen molar-refractivity contribution in [1.29, 1.82) is 0 Å². The monoisotopic (exact) mass is 266 g/mol. The van der Waals surface area contributed by atoms with Gasteiger partial charge in [-0.15, -0.1) is 0 Å². The lowest BCUT2D eigenvalue weighted by Crippen LogP contribution is -1.97. The molecule has 0 fully saturated rings. The van der Waals surface area contributed by atoms with Crippen LogP contribution in [0.3, 0.4) is 0 Å². The molecule has 0 amide bonds. The summed E-state index contributed by atoms with van der Waals surface area (Å²) in [5.41, 5.74) is 1.97. The van der Waals surface area contributed by atoms with Crippen molar-refractivity contribution in [3.63, 3.8) is 0 Å². The maximum Gasteiger partial charge on any atom is 0.169 e. The van der Waals surface area contributed by atoms with Crippen LogP contribution in [0, 0.1) is 6.92 Å². The SMILES string of the molecule is Cc1cccc(C(O)c2ccc(Br)o2)c1. The second-order valence-electron chi connectivity index (χ2n) is 3.46. The standard InChI is InChI=1S/C12H11BrO2/c1-8-3-2-4-9(7-8)12(14)10-5-6-11(13)15-10/h2-7,12,14H,1H3. The first-order valence-electron chi connectivity index (χ1n) is 4.66. The van der Waals surface area contributed by atoms with E-state index in [0.717, 1.165) is 11.1 Å². The van der Waals surface area contributed by atoms with Gasteiger partial charge < -0.3 is 9.52 Å². The molecular formula is C12H11BrO2. The topological polar surface area (TPSA) is 33.4 Å². The van der Waals surface area contributed by atoms with Gasteiger partial charge in [0, 0.05) is 0 Å². The lowest BCUT2D eigenvalue weighted by Gasteiger charge is -2.08. The number of halogens is 1. The molecule has 1 aromatic heterocycles. The van der Waals surface area contributed by atoms with Crippen LogP contribution < -0.4 is 0 Å². The van der Waals surface area contributed by atoms with Crippen LogP contribution in [-0.2, 0) is 0 Å². The Balaban J connectivity index is 2.32. The fourth-order valence-electron chi connectivity index (χ4n) is 1.48. The third-order valence-electron chi connectivity index (χ3n) is 2.22. The Hall–Kier alpha value is -1.06. The fraction of sp³-hybridized carbons (Fsp3) is 0.167. The molecule has 2 aromatic rings. The Morgan fingerprint density at radius 2 is 2.07 bits per heavy atom. The first kappa shape index (κ1) is 10.5. The number of rotatable bonds is 2. The molecule has 0 saturated carbocycles. The van der Waals surface area contributed by atoms with E-state index in [2.05, 4.69) is 15.9 Å². The van der Waals surface area contributed by atoms with Crippen LogP contribution in [0.5, 0.6) is 0 Å². The quantitative estimate of drug-likeness (QED) is 0.904. The van der Waals surface area contributed by atoms with Gasteiger partial charge in [0.05, 0.1) is 0 Å². The molecule has 0 aliphatic heterocycles. The summed E-state index contributed by atoms with van der Waals surface area (Å²) >= 11 is 3.21. The van der Waals surface area contributed by atoms with E-state index >= 15 is 0 Å². The Bertz CT molecular complexity index is 462. The summed E-state index contributed by atoms with van der Waals surface area (Å²) in [5.74, 6) is 0.549. The van der Waals surface area contributed by atoms with Crippen LogP contribution in [0.1, 0.15) is 23.0 Å². The third kappa shape index (κ3) is 2.30. The number of benzene rings is 1. The highest BCUT2D eigenvalue weighted by atomic mass is 79.9. The van der Waals surface area contributed by atoms with Gasteiger partial charge in [-0.3, -0.25) is 0 Å². The molecule has 78 valence electrons. The van der Waals surface area contributed by atoms with Gasteiger partial charge in [-0.2, -0.15) is 0 Å². The highest BCUT2D eigenvalue weighted by molar-refractivity contribution is 9.10. The highest BCUT2D eigenvalue weighted by Gasteiger charge is 2.13. The van der Waals surface area contributed by atoms with Gasteiger partial charge >= 0.3 is 0 Å². The van der Waals surface area contributed by atoms with Crippen molar-refractivity contribution < 1.29 is 9.52 Å². The second kappa shape index (κ2) is 4.21. The van der Waals surface area contributed by atoms with E-state index in [1.165, 1.54) is 0 Å². The summed E-state index contributed by atoms with van der Waals surface area (Å²) in [6.07, 6.45) is -0.698. The number of furan rings is 1. The molecule has 1 aromatic carbocycles. The van der Waals surface area contributed by atoms with Crippen LogP contribution in [0.25, 0.3) is 0 Å². The van der Waals surface area contributed by atoms with Gasteiger partial charge in [-0.25, -0.2) is 0 Å². The summed E-state index contributed by atoms with van der Waals surface area (Å²) in [4.78, 5) is 0. The summed E-state index contributed by atoms with van der Waals surface area (Å²) in [6.45, 7) is 1.99. The minimum absolute atomic E-state index is 0.549. The molecule has 0 radical (unpaired) electrons. The van der Waals surface area contributed by atoms with Crippen LogP contribution in [-0.4, -0.2) is 5.11 Å². The van der Waals surface area contributed by atoms with Gasteiger partial charge in [-0.05, 0) is 40.5 Å². The van der Waals surface area contributed by atoms with E-state index in [9.17, 15) is 5.11 Å². The maximum absolute atomic E-state index is 10.0. The van der Waals surface area contributed by atoms with E-state index in [4.69, 9.17) is 4.42 Å². The average molecular weight is 267 g/mol. The largest absolute Gasteiger partial charge is 0.451 e. The van der Waals surface area contributed by atoms with Gasteiger partial charge in [0.25, 0.3) is 0 Å². The summed E-state index contributed by atoms with van der Waals surface area (Å²) in [5, 5.41) is 10.0. The number of aryl methyl sites for hydroxylation is 1. The van der Waals surface area contributed by atoms with E-state index in [1.54, 1.807) is 12.1 Å². The zero-order valence-corrected chi connectivity index (χ0v) is 9.86. The Morgan fingerprint density at radius 1 is 1.27 bits per heavy atom. The molecule has 2 nitrogen and oxygen atoms in total. The Morgan fingerprint density at radius 3 is 2.67 bits per heavy atom. The zero-order valence-electron chi connectivity index (χ0n) is 8.27. The molecule has 0 aliphatic rings. The lowest BCUT2D eigenvalue weighted by atomic mass is 10.1. The van der Waals surface area contributed by atoms with Crippen LogP contribution in [0.15, 0.2) is 45.5 Å². The second-order valence-corrected chi connectivity index (χ2v) is 4.24. The average Bonchev–Trinajstić information content (AvgIpc) is 2.64. The highest BCUT2D eigenvalue weighted by Crippen LogP contribution is 2.26. The van der Waals surface area contributed by atoms with E-state index in [0.29, 0.717) is 10.4 Å². The maximum atomic E-state index is 10.0. The van der Waals surface area contributed by atoms with E-state index < -0.39 is 6.10 Å². The molecule has 3 heteroatoms. The minimum Gasteiger partial charge on any atom is -0.451 e. The lowest BCUT2D eigenvalue weighted by molar-refractivity contribution is 0.187. The van der Waals surface area contributed by atoms with Gasteiger partial charge in [-0.1, -0.05) is 29.8 Å². The molecule has 0 bridgehead atoms. The van der Waals surface area contributed by atoms with Gasteiger partial charge in [0.2, 0.25) is 0 Å². The van der Waals surface area contributed by atoms with E-state index in [1.807, 2.05) is 31.2 Å². The van der Waals surface area contributed by atoms with Crippen molar-refractivity contribution in [2.24, 2.45) is 0 Å². The first-order chi connectivity index (χ1) is 7.16. The van der Waals surface area contributed by atoms with Crippen LogP contribution >= 0.6 is 15.9 Å². The van der Waals surface area contributed by atoms with Crippen LogP contribution in [0.2, 0.25) is 0 Å². The zero-order chi connectivity index (χ0) is 10.8. The number of aliphatic hydroxyl groups excluding tert-OH is 1. The van der Waals surface area contributed by atoms with Crippen molar-refractivity contribution in [2.75, 3.05) is 0 Å².